The third-order valence-electron chi connectivity index (χ3n) is 3.17. The van der Waals surface area contributed by atoms with Crippen molar-refractivity contribution in [3.05, 3.63) is 29.6 Å². The van der Waals surface area contributed by atoms with E-state index in [1.807, 2.05) is 44.5 Å². The Kier molecular flexibility index (Phi) is 6.22. The summed E-state index contributed by atoms with van der Waals surface area (Å²) in [5, 5.41) is 0.860. The van der Waals surface area contributed by atoms with Gasteiger partial charge in [0.2, 0.25) is 0 Å². The quantitative estimate of drug-likeness (QED) is 0.629. The van der Waals surface area contributed by atoms with Crippen LogP contribution in [0, 0.1) is 6.92 Å². The standard InChI is InChI=1S/C14H18N2O2.C2H6/c1-4-5-9-18-14(17)12-10(2)16(3)13-11(12)7-6-8-15-13;1-2/h6-8H,4-5,9H2,1-3H3;1-2H3. The molecule has 0 bridgehead atoms. The van der Waals surface area contributed by atoms with Crippen LogP contribution in [0.2, 0.25) is 0 Å². The summed E-state index contributed by atoms with van der Waals surface area (Å²) in [4.78, 5) is 16.4. The largest absolute Gasteiger partial charge is 0.462 e. The average molecular weight is 276 g/mol. The van der Waals surface area contributed by atoms with Crippen LogP contribution < -0.4 is 0 Å². The summed E-state index contributed by atoms with van der Waals surface area (Å²) in [6.07, 6.45) is 3.64. The maximum absolute atomic E-state index is 12.1. The summed E-state index contributed by atoms with van der Waals surface area (Å²) in [5.74, 6) is -0.250. The molecular formula is C16H24N2O2. The first-order chi connectivity index (χ1) is 9.66. The Balaban J connectivity index is 0.000000956. The molecule has 0 saturated carbocycles. The summed E-state index contributed by atoms with van der Waals surface area (Å²) in [6.45, 7) is 8.46. The molecule has 0 radical (unpaired) electrons. The van der Waals surface area contributed by atoms with Crippen molar-refractivity contribution in [2.45, 2.75) is 40.5 Å². The number of hydrogen-bond donors (Lipinski definition) is 0. The van der Waals surface area contributed by atoms with Crippen molar-refractivity contribution in [1.82, 2.24) is 9.55 Å². The van der Waals surface area contributed by atoms with Gasteiger partial charge in [-0.05, 0) is 25.5 Å². The van der Waals surface area contributed by atoms with Crippen LogP contribution in [0.15, 0.2) is 18.3 Å². The second-order valence-electron chi connectivity index (χ2n) is 4.38. The zero-order valence-corrected chi connectivity index (χ0v) is 13.1. The first-order valence-electron chi connectivity index (χ1n) is 7.24. The number of aryl methyl sites for hydroxylation is 1. The van der Waals surface area contributed by atoms with E-state index < -0.39 is 0 Å². The van der Waals surface area contributed by atoms with Crippen molar-refractivity contribution in [2.75, 3.05) is 6.61 Å². The summed E-state index contributed by atoms with van der Waals surface area (Å²) >= 11 is 0. The van der Waals surface area contributed by atoms with E-state index in [-0.39, 0.29) is 5.97 Å². The minimum atomic E-state index is -0.250. The van der Waals surface area contributed by atoms with Gasteiger partial charge in [0.05, 0.1) is 12.2 Å². The van der Waals surface area contributed by atoms with E-state index in [9.17, 15) is 4.79 Å². The number of carbonyl (C=O) groups excluding carboxylic acids is 1. The number of nitrogens with zero attached hydrogens (tertiary/aromatic N) is 2. The molecule has 0 spiro atoms. The first-order valence-corrected chi connectivity index (χ1v) is 7.24. The minimum absolute atomic E-state index is 0.250. The van der Waals surface area contributed by atoms with Gasteiger partial charge in [-0.15, -0.1) is 0 Å². The maximum Gasteiger partial charge on any atom is 0.340 e. The first kappa shape index (κ1) is 16.2. The second kappa shape index (κ2) is 7.68. The van der Waals surface area contributed by atoms with Gasteiger partial charge in [-0.3, -0.25) is 0 Å². The van der Waals surface area contributed by atoms with Gasteiger partial charge in [0.1, 0.15) is 5.65 Å². The van der Waals surface area contributed by atoms with Crippen molar-refractivity contribution in [3.8, 4) is 0 Å². The molecule has 4 nitrogen and oxygen atoms in total. The lowest BCUT2D eigenvalue weighted by Crippen LogP contribution is -2.08. The van der Waals surface area contributed by atoms with E-state index in [1.54, 1.807) is 6.20 Å². The molecule has 2 aromatic heterocycles. The molecule has 2 rings (SSSR count). The van der Waals surface area contributed by atoms with Crippen LogP contribution in [-0.2, 0) is 11.8 Å². The smallest absolute Gasteiger partial charge is 0.340 e. The van der Waals surface area contributed by atoms with E-state index in [4.69, 9.17) is 4.74 Å². The number of unbranched alkanes of at least 4 members (excludes halogenated alkanes) is 1. The second-order valence-corrected chi connectivity index (χ2v) is 4.38. The molecule has 4 heteroatoms. The molecule has 20 heavy (non-hydrogen) atoms. The fourth-order valence-corrected chi connectivity index (χ4v) is 2.02. The minimum Gasteiger partial charge on any atom is -0.462 e. The van der Waals surface area contributed by atoms with Crippen molar-refractivity contribution in [2.24, 2.45) is 7.05 Å². The van der Waals surface area contributed by atoms with Gasteiger partial charge in [-0.2, -0.15) is 0 Å². The van der Waals surface area contributed by atoms with Crippen LogP contribution in [-0.4, -0.2) is 22.1 Å². The van der Waals surface area contributed by atoms with Crippen molar-refractivity contribution in [3.63, 3.8) is 0 Å². The van der Waals surface area contributed by atoms with Gasteiger partial charge in [0.15, 0.2) is 0 Å². The Morgan fingerprint density at radius 3 is 2.75 bits per heavy atom. The van der Waals surface area contributed by atoms with Crippen LogP contribution in [0.25, 0.3) is 11.0 Å². The number of pyridine rings is 1. The molecule has 2 aromatic rings. The van der Waals surface area contributed by atoms with Crippen LogP contribution in [0.3, 0.4) is 0 Å². The Hall–Kier alpha value is -1.84. The summed E-state index contributed by atoms with van der Waals surface area (Å²) in [5.41, 5.74) is 2.35. The highest BCUT2D eigenvalue weighted by molar-refractivity contribution is 6.04. The number of ether oxygens (including phenoxy) is 1. The maximum atomic E-state index is 12.1. The normalized spacial score (nSPS) is 10.1. The third kappa shape index (κ3) is 3.18. The Bertz CT molecular complexity index is 573. The van der Waals surface area contributed by atoms with Gasteiger partial charge in [-0.1, -0.05) is 27.2 Å². The molecule has 2 heterocycles. The zero-order chi connectivity index (χ0) is 15.1. The SMILES string of the molecule is CC.CCCCOC(=O)c1c(C)n(C)c2ncccc12. The topological polar surface area (TPSA) is 44.1 Å². The molecule has 0 amide bonds. The number of carbonyl (C=O) groups is 1. The summed E-state index contributed by atoms with van der Waals surface area (Å²) in [7, 11) is 1.91. The molecule has 0 atom stereocenters. The molecule has 0 fully saturated rings. The van der Waals surface area contributed by atoms with Gasteiger partial charge < -0.3 is 9.30 Å². The lowest BCUT2D eigenvalue weighted by molar-refractivity contribution is 0.0501. The molecule has 0 unspecified atom stereocenters. The predicted octanol–water partition coefficient (Wildman–Crippen LogP) is 3.86. The Morgan fingerprint density at radius 2 is 2.10 bits per heavy atom. The van der Waals surface area contributed by atoms with E-state index in [0.29, 0.717) is 12.2 Å². The Labute approximate surface area is 120 Å². The molecule has 0 aliphatic carbocycles. The van der Waals surface area contributed by atoms with Crippen molar-refractivity contribution in [1.29, 1.82) is 0 Å². The van der Waals surface area contributed by atoms with Crippen molar-refractivity contribution >= 4 is 17.0 Å². The lowest BCUT2D eigenvalue weighted by Gasteiger charge is -2.04. The van der Waals surface area contributed by atoms with E-state index in [0.717, 1.165) is 29.6 Å². The molecule has 0 aliphatic heterocycles. The van der Waals surface area contributed by atoms with E-state index >= 15 is 0 Å². The van der Waals surface area contributed by atoms with Gasteiger partial charge in [-0.25, -0.2) is 9.78 Å². The fourth-order valence-electron chi connectivity index (χ4n) is 2.02. The fraction of sp³-hybridized carbons (Fsp3) is 0.500. The Morgan fingerprint density at radius 1 is 1.40 bits per heavy atom. The highest BCUT2D eigenvalue weighted by atomic mass is 16.5. The number of hydrogen-bond acceptors (Lipinski definition) is 3. The molecule has 0 aromatic carbocycles. The van der Waals surface area contributed by atoms with Crippen LogP contribution in [0.1, 0.15) is 49.7 Å². The van der Waals surface area contributed by atoms with Gasteiger partial charge >= 0.3 is 5.97 Å². The molecule has 0 aliphatic rings. The number of fused-ring (bicyclic) bond motifs is 1. The van der Waals surface area contributed by atoms with Gasteiger partial charge in [0.25, 0.3) is 0 Å². The van der Waals surface area contributed by atoms with E-state index in [1.165, 1.54) is 0 Å². The average Bonchev–Trinajstić information content (AvgIpc) is 2.74. The monoisotopic (exact) mass is 276 g/mol. The highest BCUT2D eigenvalue weighted by Crippen LogP contribution is 2.23. The predicted molar refractivity (Wildman–Crippen MR) is 82.0 cm³/mol. The van der Waals surface area contributed by atoms with Crippen LogP contribution in [0.5, 0.6) is 0 Å². The van der Waals surface area contributed by atoms with Gasteiger partial charge in [0, 0.05) is 24.3 Å². The lowest BCUT2D eigenvalue weighted by atomic mass is 10.2. The highest BCUT2D eigenvalue weighted by Gasteiger charge is 2.19. The van der Waals surface area contributed by atoms with E-state index in [2.05, 4.69) is 11.9 Å². The summed E-state index contributed by atoms with van der Waals surface area (Å²) in [6, 6.07) is 3.75. The zero-order valence-electron chi connectivity index (χ0n) is 13.1. The number of aromatic nitrogens is 2. The molecule has 0 N–H and O–H groups in total. The van der Waals surface area contributed by atoms with Crippen LogP contribution in [0.4, 0.5) is 0 Å². The van der Waals surface area contributed by atoms with Crippen LogP contribution >= 0.6 is 0 Å². The third-order valence-corrected chi connectivity index (χ3v) is 3.17. The number of rotatable bonds is 4. The molecule has 110 valence electrons. The number of esters is 1. The van der Waals surface area contributed by atoms with Crippen molar-refractivity contribution < 1.29 is 9.53 Å². The summed E-state index contributed by atoms with van der Waals surface area (Å²) < 4.78 is 7.21. The molecule has 0 saturated heterocycles. The molecular weight excluding hydrogens is 252 g/mol.